The minimum absolute atomic E-state index is 0.000985. The zero-order chi connectivity index (χ0) is 20.5. The third-order valence-electron chi connectivity index (χ3n) is 4.46. The normalized spacial score (nSPS) is 10.2. The number of nitrogens with one attached hydrogen (secondary N) is 1. The number of benzene rings is 2. The van der Waals surface area contributed by atoms with Crippen LogP contribution in [0.25, 0.3) is 0 Å². The van der Waals surface area contributed by atoms with E-state index in [-0.39, 0.29) is 24.0 Å². The van der Waals surface area contributed by atoms with Gasteiger partial charge in [0.15, 0.2) is 5.78 Å². The lowest BCUT2D eigenvalue weighted by Gasteiger charge is -2.17. The number of hydrogen-bond acceptors (Lipinski definition) is 4. The van der Waals surface area contributed by atoms with Gasteiger partial charge in [0.25, 0.3) is 0 Å². The molecule has 0 aromatic heterocycles. The van der Waals surface area contributed by atoms with Crippen LogP contribution in [0.2, 0.25) is 0 Å². The molecule has 0 aliphatic carbocycles. The molecule has 0 radical (unpaired) electrons. The number of para-hydroxylation sites is 1. The third kappa shape index (κ3) is 6.23. The van der Waals surface area contributed by atoms with Crippen LogP contribution in [0.1, 0.15) is 42.1 Å². The van der Waals surface area contributed by atoms with E-state index in [1.807, 2.05) is 24.3 Å². The molecule has 2 rings (SSSR count). The summed E-state index contributed by atoms with van der Waals surface area (Å²) in [7, 11) is 3.29. The summed E-state index contributed by atoms with van der Waals surface area (Å²) in [6, 6.07) is 14.3. The molecule has 2 amide bonds. The van der Waals surface area contributed by atoms with Crippen molar-refractivity contribution in [3.63, 3.8) is 0 Å². The molecule has 148 valence electrons. The third-order valence-corrected chi connectivity index (χ3v) is 4.46. The van der Waals surface area contributed by atoms with Gasteiger partial charge in [-0.2, -0.15) is 0 Å². The summed E-state index contributed by atoms with van der Waals surface area (Å²) in [5, 5.41) is 2.88. The Kier molecular flexibility index (Phi) is 7.75. The standard InChI is InChI=1S/C22H26N2O4/c1-16(25)24(2)15-18-7-4-5-8-20(18)23-22(27)10-6-9-21(26)17-11-13-19(28-3)14-12-17/h4-5,7-8,11-14H,6,9-10,15H2,1-3H3,(H,23,27). The molecule has 0 spiro atoms. The molecule has 2 aromatic rings. The van der Waals surface area contributed by atoms with Crippen LogP contribution in [0.15, 0.2) is 48.5 Å². The Labute approximate surface area is 165 Å². The van der Waals surface area contributed by atoms with E-state index in [0.717, 1.165) is 5.56 Å². The largest absolute Gasteiger partial charge is 0.497 e. The molecule has 0 aliphatic heterocycles. The summed E-state index contributed by atoms with van der Waals surface area (Å²) in [4.78, 5) is 37.5. The molecular weight excluding hydrogens is 356 g/mol. The Morgan fingerprint density at radius 3 is 2.32 bits per heavy atom. The van der Waals surface area contributed by atoms with Crippen molar-refractivity contribution in [3.8, 4) is 5.75 Å². The van der Waals surface area contributed by atoms with Gasteiger partial charge in [0.2, 0.25) is 11.8 Å². The van der Waals surface area contributed by atoms with Crippen molar-refractivity contribution in [2.24, 2.45) is 0 Å². The number of methoxy groups -OCH3 is 1. The van der Waals surface area contributed by atoms with Gasteiger partial charge >= 0.3 is 0 Å². The number of carbonyl (C=O) groups is 3. The lowest BCUT2D eigenvalue weighted by atomic mass is 10.1. The van der Waals surface area contributed by atoms with Crippen molar-refractivity contribution in [1.82, 2.24) is 4.90 Å². The van der Waals surface area contributed by atoms with Gasteiger partial charge in [0.1, 0.15) is 5.75 Å². The fraction of sp³-hybridized carbons (Fsp3) is 0.318. The van der Waals surface area contributed by atoms with E-state index in [2.05, 4.69) is 5.32 Å². The van der Waals surface area contributed by atoms with E-state index in [4.69, 9.17) is 4.74 Å². The average Bonchev–Trinajstić information content (AvgIpc) is 2.69. The van der Waals surface area contributed by atoms with Crippen molar-refractivity contribution < 1.29 is 19.1 Å². The van der Waals surface area contributed by atoms with Crippen molar-refractivity contribution in [2.75, 3.05) is 19.5 Å². The molecule has 0 saturated carbocycles. The zero-order valence-electron chi connectivity index (χ0n) is 16.5. The maximum atomic E-state index is 12.3. The molecule has 0 heterocycles. The summed E-state index contributed by atoms with van der Waals surface area (Å²) in [6.07, 6.45) is 1.01. The van der Waals surface area contributed by atoms with Crippen LogP contribution in [0.5, 0.6) is 5.75 Å². The predicted octanol–water partition coefficient (Wildman–Crippen LogP) is 3.67. The first-order valence-electron chi connectivity index (χ1n) is 9.17. The first-order valence-corrected chi connectivity index (χ1v) is 9.17. The van der Waals surface area contributed by atoms with Gasteiger partial charge in [0.05, 0.1) is 7.11 Å². The molecule has 0 unspecified atom stereocenters. The van der Waals surface area contributed by atoms with E-state index in [0.29, 0.717) is 36.4 Å². The SMILES string of the molecule is COc1ccc(C(=O)CCCC(=O)Nc2ccccc2CN(C)C(C)=O)cc1. The average molecular weight is 382 g/mol. The second-order valence-electron chi connectivity index (χ2n) is 6.59. The van der Waals surface area contributed by atoms with Crippen LogP contribution in [-0.2, 0) is 16.1 Å². The Bertz CT molecular complexity index is 831. The van der Waals surface area contributed by atoms with Crippen molar-refractivity contribution in [2.45, 2.75) is 32.7 Å². The maximum absolute atomic E-state index is 12.3. The van der Waals surface area contributed by atoms with Crippen LogP contribution in [0.3, 0.4) is 0 Å². The molecule has 1 N–H and O–H groups in total. The molecule has 6 nitrogen and oxygen atoms in total. The summed E-state index contributed by atoms with van der Waals surface area (Å²) < 4.78 is 5.08. The predicted molar refractivity (Wildman–Crippen MR) is 108 cm³/mol. The Hall–Kier alpha value is -3.15. The van der Waals surface area contributed by atoms with Gasteiger partial charge in [-0.3, -0.25) is 14.4 Å². The van der Waals surface area contributed by atoms with Crippen molar-refractivity contribution >= 4 is 23.3 Å². The summed E-state index contributed by atoms with van der Waals surface area (Å²) in [6.45, 7) is 1.92. The molecule has 0 fully saturated rings. The van der Waals surface area contributed by atoms with Crippen LogP contribution in [0.4, 0.5) is 5.69 Å². The second-order valence-corrected chi connectivity index (χ2v) is 6.59. The first-order chi connectivity index (χ1) is 13.4. The number of ketones is 1. The van der Waals surface area contributed by atoms with E-state index in [1.165, 1.54) is 6.92 Å². The Balaban J connectivity index is 1.85. The zero-order valence-corrected chi connectivity index (χ0v) is 16.5. The number of anilines is 1. The molecule has 0 aliphatic rings. The van der Waals surface area contributed by atoms with Gasteiger partial charge in [-0.25, -0.2) is 0 Å². The van der Waals surface area contributed by atoms with Crippen LogP contribution in [0, 0.1) is 0 Å². The van der Waals surface area contributed by atoms with Crippen LogP contribution < -0.4 is 10.1 Å². The summed E-state index contributed by atoms with van der Waals surface area (Å²) in [5.41, 5.74) is 2.16. The lowest BCUT2D eigenvalue weighted by molar-refractivity contribution is -0.128. The van der Waals surface area contributed by atoms with Gasteiger partial charge in [0, 0.05) is 44.6 Å². The lowest BCUT2D eigenvalue weighted by Crippen LogP contribution is -2.24. The van der Waals surface area contributed by atoms with E-state index in [9.17, 15) is 14.4 Å². The van der Waals surface area contributed by atoms with Crippen LogP contribution >= 0.6 is 0 Å². The molecular formula is C22H26N2O4. The van der Waals surface area contributed by atoms with Gasteiger partial charge in [-0.15, -0.1) is 0 Å². The second kappa shape index (κ2) is 10.3. The number of hydrogen-bond donors (Lipinski definition) is 1. The number of rotatable bonds is 9. The van der Waals surface area contributed by atoms with Crippen LogP contribution in [-0.4, -0.2) is 36.7 Å². The molecule has 0 bridgehead atoms. The molecule has 6 heteroatoms. The highest BCUT2D eigenvalue weighted by Gasteiger charge is 2.11. The highest BCUT2D eigenvalue weighted by molar-refractivity contribution is 5.97. The number of ether oxygens (including phenoxy) is 1. The maximum Gasteiger partial charge on any atom is 0.224 e. The monoisotopic (exact) mass is 382 g/mol. The van der Waals surface area contributed by atoms with Gasteiger partial charge in [-0.05, 0) is 42.3 Å². The highest BCUT2D eigenvalue weighted by atomic mass is 16.5. The Morgan fingerprint density at radius 1 is 1.00 bits per heavy atom. The topological polar surface area (TPSA) is 75.7 Å². The molecule has 0 atom stereocenters. The van der Waals surface area contributed by atoms with Crippen molar-refractivity contribution in [1.29, 1.82) is 0 Å². The van der Waals surface area contributed by atoms with Crippen molar-refractivity contribution in [3.05, 3.63) is 59.7 Å². The van der Waals surface area contributed by atoms with Gasteiger partial charge in [-0.1, -0.05) is 18.2 Å². The number of nitrogens with zero attached hydrogens (tertiary/aromatic N) is 1. The van der Waals surface area contributed by atoms with E-state index in [1.54, 1.807) is 43.3 Å². The minimum Gasteiger partial charge on any atom is -0.497 e. The molecule has 0 saturated heterocycles. The summed E-state index contributed by atoms with van der Waals surface area (Å²) in [5.74, 6) is 0.502. The number of carbonyl (C=O) groups excluding carboxylic acids is 3. The minimum atomic E-state index is -0.152. The van der Waals surface area contributed by atoms with E-state index >= 15 is 0 Å². The number of amides is 2. The molecule has 28 heavy (non-hydrogen) atoms. The fourth-order valence-corrected chi connectivity index (χ4v) is 2.69. The van der Waals surface area contributed by atoms with E-state index < -0.39 is 0 Å². The number of Topliss-reactive ketones (excluding diaryl/α,β-unsaturated/α-hetero) is 1. The van der Waals surface area contributed by atoms with Gasteiger partial charge < -0.3 is 15.0 Å². The molecule has 2 aromatic carbocycles. The highest BCUT2D eigenvalue weighted by Crippen LogP contribution is 2.18. The smallest absolute Gasteiger partial charge is 0.224 e. The first kappa shape index (κ1) is 21.2. The fourth-order valence-electron chi connectivity index (χ4n) is 2.69. The summed E-state index contributed by atoms with van der Waals surface area (Å²) >= 11 is 0. The quantitative estimate of drug-likeness (QED) is 0.672. The Morgan fingerprint density at radius 2 is 1.68 bits per heavy atom.